The van der Waals surface area contributed by atoms with Gasteiger partial charge in [-0.1, -0.05) is 17.2 Å². The summed E-state index contributed by atoms with van der Waals surface area (Å²) in [4.78, 5) is 13.0. The van der Waals surface area contributed by atoms with E-state index in [1.165, 1.54) is 10.4 Å². The summed E-state index contributed by atoms with van der Waals surface area (Å²) in [6.45, 7) is 7.66. The lowest BCUT2D eigenvalue weighted by Gasteiger charge is -2.39. The quantitative estimate of drug-likeness (QED) is 0.550. The molecule has 0 bridgehead atoms. The molecule has 1 saturated heterocycles. The van der Waals surface area contributed by atoms with Crippen molar-refractivity contribution >= 4 is 28.5 Å². The van der Waals surface area contributed by atoms with E-state index in [1.54, 1.807) is 17.6 Å². The molecule has 1 fully saturated rings. The van der Waals surface area contributed by atoms with Gasteiger partial charge in [0.25, 0.3) is 0 Å². The third-order valence-corrected chi connectivity index (χ3v) is 7.87. The van der Waals surface area contributed by atoms with E-state index in [1.807, 2.05) is 4.68 Å². The third-order valence-electron chi connectivity index (χ3n) is 6.00. The van der Waals surface area contributed by atoms with Crippen LogP contribution in [0.15, 0.2) is 18.2 Å². The summed E-state index contributed by atoms with van der Waals surface area (Å²) >= 11 is 0.909. The van der Waals surface area contributed by atoms with Gasteiger partial charge in [-0.15, -0.1) is 16.4 Å². The van der Waals surface area contributed by atoms with Crippen molar-refractivity contribution in [2.24, 2.45) is 0 Å². The molecule has 2 N–H and O–H groups in total. The molecular weight excluding hydrogens is 444 g/mol. The Balaban J connectivity index is 1.40. The number of fused-ring (bicyclic) bond motifs is 3. The molecule has 32 heavy (non-hydrogen) atoms. The van der Waals surface area contributed by atoms with E-state index >= 15 is 0 Å². The van der Waals surface area contributed by atoms with Crippen LogP contribution in [0, 0.1) is 0 Å². The predicted molar refractivity (Wildman–Crippen MR) is 129 cm³/mol. The van der Waals surface area contributed by atoms with Crippen LogP contribution in [0.1, 0.15) is 36.2 Å². The summed E-state index contributed by atoms with van der Waals surface area (Å²) in [5.41, 5.74) is 9.18. The summed E-state index contributed by atoms with van der Waals surface area (Å²) in [5.74, 6) is 3.13. The zero-order chi connectivity index (χ0) is 22.4. The van der Waals surface area contributed by atoms with E-state index in [4.69, 9.17) is 15.5 Å². The highest BCUT2D eigenvalue weighted by Crippen LogP contribution is 2.42. The Morgan fingerprint density at radius 2 is 2.12 bits per heavy atom. The van der Waals surface area contributed by atoms with Crippen molar-refractivity contribution in [3.63, 3.8) is 0 Å². The number of nitrogens with zero attached hydrogens (tertiary/aromatic N) is 5. The normalized spacial score (nSPS) is 17.4. The first kappa shape index (κ1) is 21.7. The molecule has 2 aliphatic rings. The maximum atomic E-state index is 11.3. The third kappa shape index (κ3) is 4.12. The standard InChI is InChI=1S/C22H28N6O2S2/c1-13(2)28-20(25-22(23)26-28)21-24-19-16-5-4-14(10-17(16)30-8-6-18(19)31-21)15-11-27(12-15)7-9-32(3)29/h4-5,10,13,15H,6-9,11-12H2,1-3H3,(H2,23,26). The number of thiazole rings is 1. The second-order valence-corrected chi connectivity index (χ2v) is 11.3. The number of ether oxygens (including phenoxy) is 1. The topological polar surface area (TPSA) is 105 Å². The van der Waals surface area contributed by atoms with Crippen molar-refractivity contribution in [3.05, 3.63) is 28.6 Å². The first-order chi connectivity index (χ1) is 15.4. The molecule has 170 valence electrons. The monoisotopic (exact) mass is 472 g/mol. The van der Waals surface area contributed by atoms with Gasteiger partial charge in [0.15, 0.2) is 10.8 Å². The SMILES string of the molecule is CC(C)n1nc(N)nc1-c1nc2c(s1)CCOc1cc(C3CN(CC[S+](C)[O-])C3)ccc1-2. The first-order valence-corrected chi connectivity index (χ1v) is 13.4. The number of likely N-dealkylation sites (tertiary alicyclic amines) is 1. The van der Waals surface area contributed by atoms with Crippen LogP contribution in [0.2, 0.25) is 0 Å². The number of hydrogen-bond donors (Lipinski definition) is 1. The predicted octanol–water partition coefficient (Wildman–Crippen LogP) is 2.94. The van der Waals surface area contributed by atoms with Crippen molar-refractivity contribution in [2.75, 3.05) is 44.0 Å². The van der Waals surface area contributed by atoms with Crippen LogP contribution in [-0.4, -0.2) is 67.5 Å². The molecule has 0 saturated carbocycles. The van der Waals surface area contributed by atoms with Gasteiger partial charge in [0.05, 0.1) is 18.6 Å². The van der Waals surface area contributed by atoms with E-state index < -0.39 is 11.2 Å². The largest absolute Gasteiger partial charge is 0.617 e. The highest BCUT2D eigenvalue weighted by Gasteiger charge is 2.30. The summed E-state index contributed by atoms with van der Waals surface area (Å²) in [7, 11) is 0. The van der Waals surface area contributed by atoms with Gasteiger partial charge in [-0.2, -0.15) is 4.98 Å². The number of anilines is 1. The number of aromatic nitrogens is 4. The maximum Gasteiger partial charge on any atom is 0.240 e. The highest BCUT2D eigenvalue weighted by molar-refractivity contribution is 7.90. The van der Waals surface area contributed by atoms with Crippen LogP contribution < -0.4 is 10.5 Å². The number of nitrogens with two attached hydrogens (primary N) is 1. The molecular formula is C22H28N6O2S2. The molecule has 8 nitrogen and oxygen atoms in total. The van der Waals surface area contributed by atoms with Gasteiger partial charge in [-0.3, -0.25) is 4.90 Å². The van der Waals surface area contributed by atoms with Crippen LogP contribution in [0.3, 0.4) is 0 Å². The van der Waals surface area contributed by atoms with Gasteiger partial charge < -0.3 is 15.0 Å². The lowest BCUT2D eigenvalue weighted by atomic mass is 9.90. The highest BCUT2D eigenvalue weighted by atomic mass is 32.2. The van der Waals surface area contributed by atoms with Crippen LogP contribution in [0.4, 0.5) is 5.95 Å². The number of hydrogen-bond acceptors (Lipinski definition) is 8. The summed E-state index contributed by atoms with van der Waals surface area (Å²) in [6, 6.07) is 6.67. The first-order valence-electron chi connectivity index (χ1n) is 10.9. The minimum Gasteiger partial charge on any atom is -0.617 e. The van der Waals surface area contributed by atoms with Gasteiger partial charge >= 0.3 is 0 Å². The molecule has 2 aliphatic heterocycles. The van der Waals surface area contributed by atoms with Gasteiger partial charge in [0, 0.05) is 48.5 Å². The minimum absolute atomic E-state index is 0.149. The fourth-order valence-corrected chi connectivity index (χ4v) is 5.81. The second kappa shape index (κ2) is 8.66. The Morgan fingerprint density at radius 3 is 2.88 bits per heavy atom. The Bertz CT molecular complexity index is 1120. The lowest BCUT2D eigenvalue weighted by Crippen LogP contribution is -2.46. The van der Waals surface area contributed by atoms with Crippen LogP contribution >= 0.6 is 11.3 Å². The zero-order valence-corrected chi connectivity index (χ0v) is 20.2. The summed E-state index contributed by atoms with van der Waals surface area (Å²) in [6.07, 6.45) is 2.58. The van der Waals surface area contributed by atoms with E-state index in [0.29, 0.717) is 12.5 Å². The summed E-state index contributed by atoms with van der Waals surface area (Å²) < 4.78 is 19.3. The summed E-state index contributed by atoms with van der Waals surface area (Å²) in [5, 5.41) is 5.18. The molecule has 3 aromatic rings. The number of nitrogen functional groups attached to an aromatic ring is 1. The Kier molecular flexibility index (Phi) is 5.87. The minimum atomic E-state index is -0.734. The Labute approximate surface area is 195 Å². The molecule has 1 aromatic carbocycles. The molecule has 1 unspecified atom stereocenters. The number of benzene rings is 1. The molecule has 0 aliphatic carbocycles. The Morgan fingerprint density at radius 1 is 1.31 bits per heavy atom. The molecule has 2 aromatic heterocycles. The van der Waals surface area contributed by atoms with Crippen molar-refractivity contribution in [2.45, 2.75) is 32.2 Å². The van der Waals surface area contributed by atoms with Gasteiger partial charge in [0.2, 0.25) is 5.95 Å². The van der Waals surface area contributed by atoms with Crippen molar-refractivity contribution < 1.29 is 9.29 Å². The van der Waals surface area contributed by atoms with E-state index in [-0.39, 0.29) is 12.0 Å². The fourth-order valence-electron chi connectivity index (χ4n) is 4.26. The van der Waals surface area contributed by atoms with E-state index in [9.17, 15) is 4.55 Å². The van der Waals surface area contributed by atoms with Gasteiger partial charge in [-0.25, -0.2) is 9.67 Å². The average molecular weight is 473 g/mol. The van der Waals surface area contributed by atoms with Gasteiger partial charge in [0.1, 0.15) is 11.5 Å². The van der Waals surface area contributed by atoms with Gasteiger partial charge in [-0.05, 0) is 31.5 Å². The second-order valence-electron chi connectivity index (χ2n) is 8.71. The lowest BCUT2D eigenvalue weighted by molar-refractivity contribution is 0.158. The molecule has 5 rings (SSSR count). The van der Waals surface area contributed by atoms with E-state index in [2.05, 4.69) is 47.0 Å². The van der Waals surface area contributed by atoms with Crippen molar-refractivity contribution in [3.8, 4) is 27.8 Å². The molecule has 4 heterocycles. The fraction of sp³-hybridized carbons (Fsp3) is 0.500. The van der Waals surface area contributed by atoms with Crippen molar-refractivity contribution in [1.29, 1.82) is 0 Å². The Hall–Kier alpha value is -2.14. The number of rotatable bonds is 6. The van der Waals surface area contributed by atoms with E-state index in [0.717, 1.165) is 59.6 Å². The molecule has 10 heteroatoms. The molecule has 1 atom stereocenters. The zero-order valence-electron chi connectivity index (χ0n) is 18.6. The maximum absolute atomic E-state index is 11.3. The van der Waals surface area contributed by atoms with Crippen LogP contribution in [-0.2, 0) is 17.6 Å². The molecule has 0 radical (unpaired) electrons. The van der Waals surface area contributed by atoms with Crippen LogP contribution in [0.5, 0.6) is 5.75 Å². The van der Waals surface area contributed by atoms with Crippen molar-refractivity contribution in [1.82, 2.24) is 24.6 Å². The molecule has 0 amide bonds. The molecule has 0 spiro atoms. The average Bonchev–Trinajstić information content (AvgIpc) is 3.26. The van der Waals surface area contributed by atoms with Crippen LogP contribution in [0.25, 0.3) is 22.1 Å². The smallest absolute Gasteiger partial charge is 0.240 e.